The highest BCUT2D eigenvalue weighted by atomic mass is 32.2. The highest BCUT2D eigenvalue weighted by molar-refractivity contribution is 7.91. The maximum atomic E-state index is 12.7. The Balaban J connectivity index is 1.64. The van der Waals surface area contributed by atoms with Gasteiger partial charge in [-0.3, -0.25) is 4.79 Å². The zero-order valence-corrected chi connectivity index (χ0v) is 17.0. The molecule has 0 radical (unpaired) electrons. The van der Waals surface area contributed by atoms with Gasteiger partial charge in [0.15, 0.2) is 10.8 Å². The lowest BCUT2D eigenvalue weighted by atomic mass is 9.99. The van der Waals surface area contributed by atoms with Crippen LogP contribution in [0.15, 0.2) is 27.1 Å². The van der Waals surface area contributed by atoms with Crippen LogP contribution in [0.4, 0.5) is 5.13 Å². The van der Waals surface area contributed by atoms with Crippen LogP contribution in [0.5, 0.6) is 0 Å². The molecule has 0 aromatic carbocycles. The summed E-state index contributed by atoms with van der Waals surface area (Å²) in [6.07, 6.45) is 1.20. The molecule has 1 unspecified atom stereocenters. The molecule has 0 bridgehead atoms. The van der Waals surface area contributed by atoms with Crippen molar-refractivity contribution in [3.05, 3.63) is 28.6 Å². The lowest BCUT2D eigenvalue weighted by Gasteiger charge is -2.30. The molecule has 27 heavy (non-hydrogen) atoms. The normalized spacial score (nSPS) is 18.2. The minimum atomic E-state index is -3.57. The molecule has 0 aliphatic carbocycles. The van der Waals surface area contributed by atoms with E-state index in [0.29, 0.717) is 24.5 Å². The highest BCUT2D eigenvalue weighted by Gasteiger charge is 2.34. The van der Waals surface area contributed by atoms with Crippen LogP contribution in [0.25, 0.3) is 0 Å². The number of carbonyl (C=O) groups is 2. The molecule has 2 aromatic heterocycles. The van der Waals surface area contributed by atoms with E-state index in [1.54, 1.807) is 24.4 Å². The van der Waals surface area contributed by atoms with Gasteiger partial charge < -0.3 is 10.1 Å². The Morgan fingerprint density at radius 1 is 1.41 bits per heavy atom. The van der Waals surface area contributed by atoms with E-state index < -0.39 is 21.9 Å². The van der Waals surface area contributed by atoms with Gasteiger partial charge in [0.05, 0.1) is 12.5 Å². The van der Waals surface area contributed by atoms with Gasteiger partial charge in [-0.1, -0.05) is 6.07 Å². The average Bonchev–Trinajstić information content (AvgIpc) is 3.34. The number of carbonyl (C=O) groups excluding carboxylic acids is 2. The zero-order chi connectivity index (χ0) is 19.4. The molecule has 1 amide bonds. The average molecular weight is 430 g/mol. The minimum Gasteiger partial charge on any atom is -0.461 e. The first-order valence-electron chi connectivity index (χ1n) is 8.39. The fourth-order valence-electron chi connectivity index (χ4n) is 2.75. The molecule has 1 atom stereocenters. The van der Waals surface area contributed by atoms with Crippen molar-refractivity contribution in [2.75, 3.05) is 25.0 Å². The summed E-state index contributed by atoms with van der Waals surface area (Å²) in [5.41, 5.74) is 0.141. The number of amides is 1. The minimum absolute atomic E-state index is 0.127. The van der Waals surface area contributed by atoms with E-state index in [0.717, 1.165) is 22.7 Å². The van der Waals surface area contributed by atoms with Crippen molar-refractivity contribution in [1.29, 1.82) is 0 Å². The molecule has 1 fully saturated rings. The first-order chi connectivity index (χ1) is 12.9. The molecule has 1 aliphatic rings. The topological polar surface area (TPSA) is 106 Å². The summed E-state index contributed by atoms with van der Waals surface area (Å²) < 4.78 is 31.8. The summed E-state index contributed by atoms with van der Waals surface area (Å²) in [5.74, 6) is -1.31. The molecule has 3 rings (SSSR count). The van der Waals surface area contributed by atoms with Gasteiger partial charge in [-0.05, 0) is 31.2 Å². The van der Waals surface area contributed by atoms with Gasteiger partial charge in [0.25, 0.3) is 10.0 Å². The van der Waals surface area contributed by atoms with Crippen LogP contribution < -0.4 is 5.32 Å². The quantitative estimate of drug-likeness (QED) is 0.707. The van der Waals surface area contributed by atoms with E-state index in [9.17, 15) is 18.0 Å². The molecule has 0 spiro atoms. The number of piperidine rings is 1. The number of nitrogens with zero attached hydrogens (tertiary/aromatic N) is 2. The number of ether oxygens (including phenoxy) is 1. The third kappa shape index (κ3) is 4.54. The number of nitrogens with one attached hydrogen (secondary N) is 1. The summed E-state index contributed by atoms with van der Waals surface area (Å²) in [6.45, 7) is 2.47. The lowest BCUT2D eigenvalue weighted by molar-refractivity contribution is -0.120. The smallest absolute Gasteiger partial charge is 0.357 e. The second-order valence-corrected chi connectivity index (χ2v) is 9.85. The van der Waals surface area contributed by atoms with Crippen molar-refractivity contribution in [2.45, 2.75) is 24.0 Å². The van der Waals surface area contributed by atoms with Gasteiger partial charge in [0.1, 0.15) is 4.21 Å². The number of anilines is 1. The van der Waals surface area contributed by atoms with Crippen molar-refractivity contribution in [3.8, 4) is 0 Å². The van der Waals surface area contributed by atoms with E-state index >= 15 is 0 Å². The lowest BCUT2D eigenvalue weighted by Crippen LogP contribution is -2.43. The SMILES string of the molecule is CCOC(=O)c1csc(NC(=O)C2CCCN(S(=O)(=O)c3cccs3)C2)n1. The third-order valence-electron chi connectivity index (χ3n) is 4.06. The second kappa shape index (κ2) is 8.46. The van der Waals surface area contributed by atoms with E-state index in [4.69, 9.17) is 4.74 Å². The number of rotatable bonds is 6. The van der Waals surface area contributed by atoms with Gasteiger partial charge in [-0.15, -0.1) is 22.7 Å². The predicted octanol–water partition coefficient (Wildman–Crippen LogP) is 2.42. The van der Waals surface area contributed by atoms with Crippen LogP contribution in [-0.2, 0) is 19.6 Å². The molecule has 146 valence electrons. The van der Waals surface area contributed by atoms with Crippen LogP contribution >= 0.6 is 22.7 Å². The molecular weight excluding hydrogens is 410 g/mol. The van der Waals surface area contributed by atoms with Crippen molar-refractivity contribution in [2.24, 2.45) is 5.92 Å². The molecule has 3 heterocycles. The van der Waals surface area contributed by atoms with E-state index in [2.05, 4.69) is 10.3 Å². The Kier molecular flexibility index (Phi) is 6.25. The second-order valence-electron chi connectivity index (χ2n) is 5.88. The summed E-state index contributed by atoms with van der Waals surface area (Å²) >= 11 is 2.29. The van der Waals surface area contributed by atoms with E-state index in [1.165, 1.54) is 9.69 Å². The van der Waals surface area contributed by atoms with Gasteiger partial charge in [-0.25, -0.2) is 18.2 Å². The molecule has 11 heteroatoms. The van der Waals surface area contributed by atoms with Crippen LogP contribution in [0, 0.1) is 5.92 Å². The fourth-order valence-corrected chi connectivity index (χ4v) is 6.10. The summed E-state index contributed by atoms with van der Waals surface area (Å²) in [6, 6.07) is 3.26. The van der Waals surface area contributed by atoms with E-state index in [-0.39, 0.29) is 29.0 Å². The number of hydrogen-bond donors (Lipinski definition) is 1. The summed E-state index contributed by atoms with van der Waals surface area (Å²) in [4.78, 5) is 28.3. The van der Waals surface area contributed by atoms with Crippen molar-refractivity contribution in [3.63, 3.8) is 0 Å². The van der Waals surface area contributed by atoms with Gasteiger partial charge in [-0.2, -0.15) is 4.31 Å². The maximum absolute atomic E-state index is 12.7. The summed E-state index contributed by atoms with van der Waals surface area (Å²) in [7, 11) is -3.57. The third-order valence-corrected chi connectivity index (χ3v) is 8.06. The van der Waals surface area contributed by atoms with Crippen LogP contribution in [0.1, 0.15) is 30.3 Å². The van der Waals surface area contributed by atoms with Crippen LogP contribution in [0.3, 0.4) is 0 Å². The molecule has 1 saturated heterocycles. The Morgan fingerprint density at radius 3 is 2.93 bits per heavy atom. The number of aromatic nitrogens is 1. The number of esters is 1. The molecule has 1 N–H and O–H groups in total. The van der Waals surface area contributed by atoms with Gasteiger partial charge >= 0.3 is 5.97 Å². The Morgan fingerprint density at radius 2 is 2.22 bits per heavy atom. The highest BCUT2D eigenvalue weighted by Crippen LogP contribution is 2.27. The fraction of sp³-hybridized carbons (Fsp3) is 0.438. The molecule has 0 saturated carbocycles. The predicted molar refractivity (Wildman–Crippen MR) is 103 cm³/mol. The molecular formula is C16H19N3O5S3. The van der Waals surface area contributed by atoms with Gasteiger partial charge in [0, 0.05) is 18.5 Å². The van der Waals surface area contributed by atoms with Crippen molar-refractivity contribution < 1.29 is 22.7 Å². The molecule has 2 aromatic rings. The number of hydrogen-bond acceptors (Lipinski definition) is 8. The maximum Gasteiger partial charge on any atom is 0.357 e. The van der Waals surface area contributed by atoms with Gasteiger partial charge in [0.2, 0.25) is 5.91 Å². The Bertz CT molecular complexity index is 908. The molecule has 1 aliphatic heterocycles. The van der Waals surface area contributed by atoms with Crippen molar-refractivity contribution in [1.82, 2.24) is 9.29 Å². The van der Waals surface area contributed by atoms with Crippen molar-refractivity contribution >= 4 is 49.7 Å². The Hall–Kier alpha value is -1.82. The van der Waals surface area contributed by atoms with E-state index in [1.807, 2.05) is 0 Å². The monoisotopic (exact) mass is 429 g/mol. The zero-order valence-electron chi connectivity index (χ0n) is 14.6. The number of thiophene rings is 1. The Labute approximate surface area is 165 Å². The number of thiazole rings is 1. The first kappa shape index (κ1) is 19.9. The summed E-state index contributed by atoms with van der Waals surface area (Å²) in [5, 5.41) is 6.20. The largest absolute Gasteiger partial charge is 0.461 e. The van der Waals surface area contributed by atoms with Crippen LogP contribution in [-0.4, -0.2) is 49.3 Å². The first-order valence-corrected chi connectivity index (χ1v) is 11.6. The molecule has 8 nitrogen and oxygen atoms in total. The van der Waals surface area contributed by atoms with Crippen LogP contribution in [0.2, 0.25) is 0 Å². The standard InChI is InChI=1S/C16H19N3O5S3/c1-2-24-15(21)12-10-26-16(17-12)18-14(20)11-5-3-7-19(9-11)27(22,23)13-6-4-8-25-13/h4,6,8,10-11H,2-3,5,7,9H2,1H3,(H,17,18,20). The number of sulfonamides is 1.